The molecule has 0 aliphatic heterocycles. The Hall–Kier alpha value is -2.37. The van der Waals surface area contributed by atoms with E-state index in [1.165, 1.54) is 0 Å². The molecule has 3 aromatic rings. The Morgan fingerprint density at radius 3 is 2.28 bits per heavy atom. The van der Waals surface area contributed by atoms with Crippen LogP contribution in [-0.4, -0.2) is 22.1 Å². The zero-order valence-corrected chi connectivity index (χ0v) is 15.4. The number of carbonyl (C=O) groups is 1. The van der Waals surface area contributed by atoms with Gasteiger partial charge in [0.05, 0.1) is 6.54 Å². The minimum Gasteiger partial charge on any atom is -0.384 e. The van der Waals surface area contributed by atoms with Crippen molar-refractivity contribution >= 4 is 21.8 Å². The van der Waals surface area contributed by atoms with Gasteiger partial charge in [0.1, 0.15) is 5.60 Å². The molecule has 128 valence electrons. The average molecular weight is 399 g/mol. The molecule has 0 fully saturated rings. The van der Waals surface area contributed by atoms with E-state index in [0.717, 1.165) is 15.7 Å². The third-order valence-electron chi connectivity index (χ3n) is 4.09. The molecule has 0 aliphatic rings. The summed E-state index contributed by atoms with van der Waals surface area (Å²) in [5.74, 6) is -0.212. The highest BCUT2D eigenvalue weighted by molar-refractivity contribution is 9.10. The fourth-order valence-electron chi connectivity index (χ4n) is 2.56. The number of nitrogens with zero attached hydrogens (tertiary/aromatic N) is 1. The minimum absolute atomic E-state index is 0.132. The molecule has 2 aromatic carbocycles. The van der Waals surface area contributed by atoms with Crippen molar-refractivity contribution in [3.05, 3.63) is 88.7 Å². The van der Waals surface area contributed by atoms with E-state index in [9.17, 15) is 9.90 Å². The normalized spacial score (nSPS) is 13.2. The Morgan fingerprint density at radius 1 is 1.08 bits per heavy atom. The van der Waals surface area contributed by atoms with Crippen LogP contribution in [0.1, 0.15) is 22.8 Å². The standard InChI is InChI=1S/C20H19BrN2O2/c1-20(25,16-6-8-17(21)9-7-16)14-22-19(24)15-4-10-18(11-5-15)23-12-2-3-13-23/h2-13,25H,14H2,1H3,(H,22,24). The zero-order valence-electron chi connectivity index (χ0n) is 13.8. The van der Waals surface area contributed by atoms with Crippen LogP contribution in [0, 0.1) is 0 Å². The van der Waals surface area contributed by atoms with Crippen molar-refractivity contribution in [1.82, 2.24) is 9.88 Å². The molecule has 0 radical (unpaired) electrons. The van der Waals surface area contributed by atoms with Crippen LogP contribution in [0.3, 0.4) is 0 Å². The van der Waals surface area contributed by atoms with Gasteiger partial charge in [0.15, 0.2) is 0 Å². The summed E-state index contributed by atoms with van der Waals surface area (Å²) < 4.78 is 2.92. The summed E-state index contributed by atoms with van der Waals surface area (Å²) in [5, 5.41) is 13.4. The molecule has 0 saturated carbocycles. The lowest BCUT2D eigenvalue weighted by molar-refractivity contribution is 0.0526. The van der Waals surface area contributed by atoms with Crippen molar-refractivity contribution in [2.75, 3.05) is 6.54 Å². The highest BCUT2D eigenvalue weighted by Crippen LogP contribution is 2.22. The van der Waals surface area contributed by atoms with Gasteiger partial charge in [-0.15, -0.1) is 0 Å². The number of aromatic nitrogens is 1. The quantitative estimate of drug-likeness (QED) is 0.684. The second kappa shape index (κ2) is 7.25. The van der Waals surface area contributed by atoms with E-state index in [2.05, 4.69) is 21.2 Å². The Morgan fingerprint density at radius 2 is 1.68 bits per heavy atom. The van der Waals surface area contributed by atoms with Gasteiger partial charge in [-0.1, -0.05) is 28.1 Å². The molecule has 3 rings (SSSR count). The van der Waals surface area contributed by atoms with Gasteiger partial charge in [-0.3, -0.25) is 4.79 Å². The number of aliphatic hydroxyl groups is 1. The molecule has 25 heavy (non-hydrogen) atoms. The number of carbonyl (C=O) groups excluding carboxylic acids is 1. The second-order valence-electron chi connectivity index (χ2n) is 6.10. The molecule has 4 nitrogen and oxygen atoms in total. The van der Waals surface area contributed by atoms with E-state index in [-0.39, 0.29) is 12.5 Å². The highest BCUT2D eigenvalue weighted by atomic mass is 79.9. The largest absolute Gasteiger partial charge is 0.384 e. The predicted octanol–water partition coefficient (Wildman–Crippen LogP) is 3.88. The Kier molecular flexibility index (Phi) is 5.06. The van der Waals surface area contributed by atoms with E-state index in [4.69, 9.17) is 0 Å². The third kappa shape index (κ3) is 4.18. The molecular formula is C20H19BrN2O2. The number of nitrogens with one attached hydrogen (secondary N) is 1. The minimum atomic E-state index is -1.14. The van der Waals surface area contributed by atoms with Crippen molar-refractivity contribution < 1.29 is 9.90 Å². The predicted molar refractivity (Wildman–Crippen MR) is 102 cm³/mol. The fourth-order valence-corrected chi connectivity index (χ4v) is 2.82. The summed E-state index contributed by atoms with van der Waals surface area (Å²) >= 11 is 3.37. The molecule has 2 N–H and O–H groups in total. The molecule has 1 aromatic heterocycles. The monoisotopic (exact) mass is 398 g/mol. The van der Waals surface area contributed by atoms with Crippen LogP contribution in [0.2, 0.25) is 0 Å². The van der Waals surface area contributed by atoms with Crippen molar-refractivity contribution in [3.63, 3.8) is 0 Å². The van der Waals surface area contributed by atoms with E-state index >= 15 is 0 Å². The van der Waals surface area contributed by atoms with Crippen molar-refractivity contribution in [2.45, 2.75) is 12.5 Å². The maximum absolute atomic E-state index is 12.3. The first-order valence-corrected chi connectivity index (χ1v) is 8.75. The molecule has 5 heteroatoms. The number of benzene rings is 2. The van der Waals surface area contributed by atoms with Gasteiger partial charge in [-0.25, -0.2) is 0 Å². The van der Waals surface area contributed by atoms with Gasteiger partial charge >= 0.3 is 0 Å². The Balaban J connectivity index is 1.65. The summed E-state index contributed by atoms with van der Waals surface area (Å²) in [4.78, 5) is 12.3. The first-order valence-electron chi connectivity index (χ1n) is 7.96. The molecule has 0 bridgehead atoms. The van der Waals surface area contributed by atoms with Crippen molar-refractivity contribution in [1.29, 1.82) is 0 Å². The molecule has 1 heterocycles. The van der Waals surface area contributed by atoms with E-state index in [1.807, 2.05) is 65.5 Å². The third-order valence-corrected chi connectivity index (χ3v) is 4.62. The van der Waals surface area contributed by atoms with Crippen LogP contribution >= 0.6 is 15.9 Å². The van der Waals surface area contributed by atoms with Crippen molar-refractivity contribution in [3.8, 4) is 5.69 Å². The summed E-state index contributed by atoms with van der Waals surface area (Å²) in [5.41, 5.74) is 1.16. The topological polar surface area (TPSA) is 54.3 Å². The Labute approximate surface area is 155 Å². The van der Waals surface area contributed by atoms with E-state index in [1.54, 1.807) is 19.1 Å². The SMILES string of the molecule is CC(O)(CNC(=O)c1ccc(-n2cccc2)cc1)c1ccc(Br)cc1. The average Bonchev–Trinajstić information content (AvgIpc) is 3.15. The number of rotatable bonds is 5. The fraction of sp³-hybridized carbons (Fsp3) is 0.150. The molecular weight excluding hydrogens is 380 g/mol. The van der Waals surface area contributed by atoms with Crippen LogP contribution in [0.25, 0.3) is 5.69 Å². The zero-order chi connectivity index (χ0) is 17.9. The van der Waals surface area contributed by atoms with Crippen LogP contribution in [0.4, 0.5) is 0 Å². The molecule has 1 unspecified atom stereocenters. The molecule has 0 saturated heterocycles. The lowest BCUT2D eigenvalue weighted by atomic mass is 9.96. The van der Waals surface area contributed by atoms with Gasteiger partial charge in [-0.2, -0.15) is 0 Å². The first kappa shape index (κ1) is 17.5. The van der Waals surface area contributed by atoms with Crippen LogP contribution in [0.5, 0.6) is 0 Å². The molecule has 0 spiro atoms. The number of hydrogen-bond acceptors (Lipinski definition) is 2. The smallest absolute Gasteiger partial charge is 0.251 e. The number of halogens is 1. The van der Waals surface area contributed by atoms with Crippen LogP contribution in [0.15, 0.2) is 77.5 Å². The van der Waals surface area contributed by atoms with Gasteiger partial charge in [-0.05, 0) is 61.0 Å². The van der Waals surface area contributed by atoms with Gasteiger partial charge in [0.25, 0.3) is 5.91 Å². The van der Waals surface area contributed by atoms with Gasteiger partial charge in [0.2, 0.25) is 0 Å². The summed E-state index contributed by atoms with van der Waals surface area (Å²) in [7, 11) is 0. The van der Waals surface area contributed by atoms with E-state index in [0.29, 0.717) is 5.56 Å². The lowest BCUT2D eigenvalue weighted by Crippen LogP contribution is -2.38. The van der Waals surface area contributed by atoms with E-state index < -0.39 is 5.60 Å². The van der Waals surface area contributed by atoms with Crippen LogP contribution in [-0.2, 0) is 5.60 Å². The molecule has 0 aliphatic carbocycles. The van der Waals surface area contributed by atoms with Gasteiger partial charge < -0.3 is 15.0 Å². The highest BCUT2D eigenvalue weighted by Gasteiger charge is 2.24. The summed E-state index contributed by atoms with van der Waals surface area (Å²) in [6, 6.07) is 18.6. The second-order valence-corrected chi connectivity index (χ2v) is 7.02. The maximum Gasteiger partial charge on any atom is 0.251 e. The molecule has 1 amide bonds. The summed E-state index contributed by atoms with van der Waals surface area (Å²) in [6.07, 6.45) is 3.90. The lowest BCUT2D eigenvalue weighted by Gasteiger charge is -2.24. The summed E-state index contributed by atoms with van der Waals surface area (Å²) in [6.45, 7) is 1.82. The number of hydrogen-bond donors (Lipinski definition) is 2. The Bertz CT molecular complexity index is 838. The number of amides is 1. The van der Waals surface area contributed by atoms with Crippen molar-refractivity contribution in [2.24, 2.45) is 0 Å². The van der Waals surface area contributed by atoms with Gasteiger partial charge in [0, 0.05) is 28.1 Å². The molecule has 1 atom stereocenters. The maximum atomic E-state index is 12.3. The first-order chi connectivity index (χ1) is 12.0. The van der Waals surface area contributed by atoms with Crippen LogP contribution < -0.4 is 5.32 Å².